The van der Waals surface area contributed by atoms with E-state index in [4.69, 9.17) is 5.26 Å². The van der Waals surface area contributed by atoms with Crippen molar-refractivity contribution in [2.75, 3.05) is 11.0 Å². The van der Waals surface area contributed by atoms with E-state index in [0.717, 1.165) is 6.26 Å². The topological polar surface area (TPSA) is 82.8 Å². The number of anilines is 1. The van der Waals surface area contributed by atoms with E-state index in [1.807, 2.05) is 0 Å². The van der Waals surface area contributed by atoms with Gasteiger partial charge in [0.1, 0.15) is 12.7 Å². The molecule has 0 unspecified atom stereocenters. The van der Waals surface area contributed by atoms with Crippen LogP contribution in [0.2, 0.25) is 0 Å². The maximum atomic E-state index is 12.2. The molecule has 0 saturated heterocycles. The molecule has 0 aliphatic rings. The summed E-state index contributed by atoms with van der Waals surface area (Å²) in [6.45, 7) is -0.749. The molecule has 0 aliphatic carbocycles. The minimum atomic E-state index is -3.49. The van der Waals surface area contributed by atoms with Gasteiger partial charge in [-0.3, -0.25) is 4.72 Å². The van der Waals surface area contributed by atoms with Crippen molar-refractivity contribution in [3.8, 4) is 6.07 Å². The van der Waals surface area contributed by atoms with Crippen LogP contribution in [0, 0.1) is 11.3 Å². The lowest BCUT2D eigenvalue weighted by molar-refractivity contribution is 0.484. The number of nitrogens with zero attached hydrogens (tertiary/aromatic N) is 2. The SMILES string of the molecule is CS(=O)(=O)Nc1ncc(CF)cc1C#N. The van der Waals surface area contributed by atoms with Gasteiger partial charge in [0.05, 0.1) is 11.8 Å². The normalized spacial score (nSPS) is 10.7. The second kappa shape index (κ2) is 4.23. The molecule has 0 aliphatic heterocycles. The predicted molar refractivity (Wildman–Crippen MR) is 52.2 cm³/mol. The van der Waals surface area contributed by atoms with Crippen molar-refractivity contribution in [2.24, 2.45) is 0 Å². The Bertz CT molecular complexity index is 507. The minimum absolute atomic E-state index is 0.00410. The maximum absolute atomic E-state index is 12.2. The Morgan fingerprint density at radius 3 is 2.80 bits per heavy atom. The Kier molecular flexibility index (Phi) is 3.21. The summed E-state index contributed by atoms with van der Waals surface area (Å²) in [7, 11) is -3.49. The monoisotopic (exact) mass is 229 g/mol. The standard InChI is InChI=1S/C8H8FN3O2S/c1-15(13,14)12-8-7(4-10)2-6(3-9)5-11-8/h2,5H,3H2,1H3,(H,11,12). The summed E-state index contributed by atoms with van der Waals surface area (Å²) in [4.78, 5) is 3.65. The predicted octanol–water partition coefficient (Wildman–Crippen LogP) is 0.794. The third kappa shape index (κ3) is 3.18. The van der Waals surface area contributed by atoms with Crippen molar-refractivity contribution in [3.05, 3.63) is 23.4 Å². The largest absolute Gasteiger partial charge is 0.266 e. The van der Waals surface area contributed by atoms with Gasteiger partial charge in [-0.2, -0.15) is 5.26 Å². The van der Waals surface area contributed by atoms with Crippen molar-refractivity contribution >= 4 is 15.8 Å². The number of alkyl halides is 1. The molecule has 0 radical (unpaired) electrons. The van der Waals surface area contributed by atoms with Crippen molar-refractivity contribution in [1.29, 1.82) is 5.26 Å². The first-order chi connectivity index (χ1) is 6.96. The number of pyridine rings is 1. The zero-order valence-corrected chi connectivity index (χ0v) is 8.68. The molecule has 1 aromatic heterocycles. The average Bonchev–Trinajstić information content (AvgIpc) is 2.16. The van der Waals surface area contributed by atoms with Crippen molar-refractivity contribution in [1.82, 2.24) is 4.98 Å². The zero-order valence-electron chi connectivity index (χ0n) is 7.86. The second-order valence-corrected chi connectivity index (χ2v) is 4.61. The lowest BCUT2D eigenvalue weighted by Gasteiger charge is -2.05. The molecule has 80 valence electrons. The van der Waals surface area contributed by atoms with E-state index in [2.05, 4.69) is 9.71 Å². The smallest absolute Gasteiger partial charge is 0.231 e. The molecular weight excluding hydrogens is 221 g/mol. The molecule has 1 heterocycles. The molecule has 0 bridgehead atoms. The number of sulfonamides is 1. The number of hydrogen-bond acceptors (Lipinski definition) is 4. The quantitative estimate of drug-likeness (QED) is 0.830. The summed E-state index contributed by atoms with van der Waals surface area (Å²) in [5.74, 6) is -0.0859. The van der Waals surface area contributed by atoms with E-state index in [1.165, 1.54) is 12.3 Å². The van der Waals surface area contributed by atoms with Crippen LogP contribution in [0.4, 0.5) is 10.2 Å². The number of halogens is 1. The van der Waals surface area contributed by atoms with Gasteiger partial charge in [-0.15, -0.1) is 0 Å². The molecule has 0 fully saturated rings. The highest BCUT2D eigenvalue weighted by molar-refractivity contribution is 7.92. The number of nitrogens with one attached hydrogen (secondary N) is 1. The van der Waals surface area contributed by atoms with Gasteiger partial charge in [0.2, 0.25) is 10.0 Å². The Labute approximate surface area is 86.6 Å². The molecule has 1 aromatic rings. The van der Waals surface area contributed by atoms with Crippen LogP contribution in [0.5, 0.6) is 0 Å². The molecule has 1 rings (SSSR count). The number of rotatable bonds is 3. The van der Waals surface area contributed by atoms with Crippen LogP contribution in [0.1, 0.15) is 11.1 Å². The van der Waals surface area contributed by atoms with E-state index >= 15 is 0 Å². The van der Waals surface area contributed by atoms with Gasteiger partial charge < -0.3 is 0 Å². The molecule has 0 amide bonds. The summed E-state index contributed by atoms with van der Waals surface area (Å²) in [6, 6.07) is 2.99. The van der Waals surface area contributed by atoms with Crippen LogP contribution in [-0.2, 0) is 16.7 Å². The van der Waals surface area contributed by atoms with Crippen LogP contribution in [0.3, 0.4) is 0 Å². The van der Waals surface area contributed by atoms with Crippen LogP contribution >= 0.6 is 0 Å². The van der Waals surface area contributed by atoms with Gasteiger partial charge in [-0.05, 0) is 6.07 Å². The Hall–Kier alpha value is -1.68. The van der Waals surface area contributed by atoms with Gasteiger partial charge in [0.25, 0.3) is 0 Å². The van der Waals surface area contributed by atoms with Crippen LogP contribution in [0.15, 0.2) is 12.3 Å². The van der Waals surface area contributed by atoms with E-state index in [9.17, 15) is 12.8 Å². The third-order valence-electron chi connectivity index (χ3n) is 1.50. The van der Waals surface area contributed by atoms with E-state index in [0.29, 0.717) is 0 Å². The third-order valence-corrected chi connectivity index (χ3v) is 2.07. The highest BCUT2D eigenvalue weighted by atomic mass is 32.2. The molecule has 0 aromatic carbocycles. The van der Waals surface area contributed by atoms with Crippen LogP contribution < -0.4 is 4.72 Å². The average molecular weight is 229 g/mol. The van der Waals surface area contributed by atoms with Gasteiger partial charge in [-0.1, -0.05) is 0 Å². The van der Waals surface area contributed by atoms with Gasteiger partial charge in [0, 0.05) is 11.8 Å². The van der Waals surface area contributed by atoms with Gasteiger partial charge in [-0.25, -0.2) is 17.8 Å². The van der Waals surface area contributed by atoms with E-state index in [-0.39, 0.29) is 16.9 Å². The molecular formula is C8H8FN3O2S. The lowest BCUT2D eigenvalue weighted by atomic mass is 10.2. The fourth-order valence-corrected chi connectivity index (χ4v) is 1.44. The summed E-state index contributed by atoms with van der Waals surface area (Å²) in [5.41, 5.74) is 0.223. The molecule has 0 saturated carbocycles. The molecule has 7 heteroatoms. The number of hydrogen-bond donors (Lipinski definition) is 1. The summed E-state index contributed by atoms with van der Waals surface area (Å²) in [6.07, 6.45) is 2.12. The summed E-state index contributed by atoms with van der Waals surface area (Å²) >= 11 is 0. The first-order valence-corrected chi connectivity index (χ1v) is 5.78. The number of aromatic nitrogens is 1. The molecule has 1 N–H and O–H groups in total. The fourth-order valence-electron chi connectivity index (χ4n) is 0.923. The molecule has 0 spiro atoms. The Morgan fingerprint density at radius 1 is 1.67 bits per heavy atom. The maximum Gasteiger partial charge on any atom is 0.231 e. The van der Waals surface area contributed by atoms with Crippen molar-refractivity contribution in [2.45, 2.75) is 6.67 Å². The number of nitriles is 1. The highest BCUT2D eigenvalue weighted by Crippen LogP contribution is 2.14. The Balaban J connectivity index is 3.15. The second-order valence-electron chi connectivity index (χ2n) is 2.86. The van der Waals surface area contributed by atoms with Gasteiger partial charge >= 0.3 is 0 Å². The lowest BCUT2D eigenvalue weighted by Crippen LogP contribution is -2.12. The first-order valence-electron chi connectivity index (χ1n) is 3.89. The first kappa shape index (κ1) is 11.4. The van der Waals surface area contributed by atoms with Gasteiger partial charge in [0.15, 0.2) is 5.82 Å². The van der Waals surface area contributed by atoms with Crippen LogP contribution in [-0.4, -0.2) is 19.7 Å². The highest BCUT2D eigenvalue weighted by Gasteiger charge is 2.09. The Morgan fingerprint density at radius 2 is 2.33 bits per heavy atom. The fraction of sp³-hybridized carbons (Fsp3) is 0.250. The zero-order chi connectivity index (χ0) is 11.5. The molecule has 5 nitrogen and oxygen atoms in total. The summed E-state index contributed by atoms with van der Waals surface area (Å²) < 4.78 is 36.1. The van der Waals surface area contributed by atoms with E-state index < -0.39 is 16.7 Å². The van der Waals surface area contributed by atoms with Crippen LogP contribution in [0.25, 0.3) is 0 Å². The van der Waals surface area contributed by atoms with Crippen molar-refractivity contribution < 1.29 is 12.8 Å². The molecule has 0 atom stereocenters. The van der Waals surface area contributed by atoms with E-state index in [1.54, 1.807) is 6.07 Å². The van der Waals surface area contributed by atoms with Crippen molar-refractivity contribution in [3.63, 3.8) is 0 Å². The summed E-state index contributed by atoms with van der Waals surface area (Å²) in [5, 5.41) is 8.69. The minimum Gasteiger partial charge on any atom is -0.266 e. The molecule has 15 heavy (non-hydrogen) atoms.